The molecule has 2 nitrogen and oxygen atoms in total. The Labute approximate surface area is 98.9 Å². The van der Waals surface area contributed by atoms with E-state index in [1.54, 1.807) is 18.2 Å². The largest absolute Gasteiger partial charge is 0.300 e. The number of halogens is 2. The van der Waals surface area contributed by atoms with Gasteiger partial charge in [-0.3, -0.25) is 9.59 Å². The van der Waals surface area contributed by atoms with Crippen LogP contribution in [-0.4, -0.2) is 11.6 Å². The van der Waals surface area contributed by atoms with Crippen LogP contribution in [-0.2, 0) is 4.79 Å². The van der Waals surface area contributed by atoms with Crippen molar-refractivity contribution in [3.8, 4) is 0 Å². The van der Waals surface area contributed by atoms with E-state index in [9.17, 15) is 9.59 Å². The molecule has 0 spiro atoms. The maximum atomic E-state index is 11.5. The first kappa shape index (κ1) is 11.6. The van der Waals surface area contributed by atoms with E-state index in [1.165, 1.54) is 6.92 Å². The van der Waals surface area contributed by atoms with Crippen LogP contribution in [0.2, 0.25) is 0 Å². The summed E-state index contributed by atoms with van der Waals surface area (Å²) in [5.74, 6) is -0.264. The number of carbonyl (C=O) groups is 2. The maximum absolute atomic E-state index is 11.5. The van der Waals surface area contributed by atoms with Crippen molar-refractivity contribution in [2.24, 2.45) is 0 Å². The first-order valence-electron chi connectivity index (χ1n) is 3.98. The second kappa shape index (κ2) is 4.84. The van der Waals surface area contributed by atoms with Gasteiger partial charge < -0.3 is 0 Å². The number of rotatable bonds is 3. The molecular weight excluding hydrogens is 312 g/mol. The van der Waals surface area contributed by atoms with Crippen molar-refractivity contribution >= 4 is 43.4 Å². The maximum Gasteiger partial charge on any atom is 0.170 e. The molecule has 0 N–H and O–H groups in total. The fourth-order valence-electron chi connectivity index (χ4n) is 0.998. The molecular formula is C10H8Br2O2. The number of hydrogen-bond acceptors (Lipinski definition) is 2. The topological polar surface area (TPSA) is 34.1 Å². The van der Waals surface area contributed by atoms with E-state index in [-0.39, 0.29) is 18.0 Å². The average Bonchev–Trinajstić information content (AvgIpc) is 2.08. The Kier molecular flexibility index (Phi) is 4.01. The summed E-state index contributed by atoms with van der Waals surface area (Å²) in [5, 5.41) is 0. The van der Waals surface area contributed by atoms with E-state index in [2.05, 4.69) is 31.9 Å². The van der Waals surface area contributed by atoms with Crippen molar-refractivity contribution in [3.05, 3.63) is 32.7 Å². The number of ketones is 2. The van der Waals surface area contributed by atoms with Gasteiger partial charge in [0.15, 0.2) is 5.78 Å². The minimum absolute atomic E-state index is 0.0337. The smallest absolute Gasteiger partial charge is 0.170 e. The van der Waals surface area contributed by atoms with Gasteiger partial charge >= 0.3 is 0 Å². The van der Waals surface area contributed by atoms with Gasteiger partial charge in [0.25, 0.3) is 0 Å². The lowest BCUT2D eigenvalue weighted by atomic mass is 10.1. The lowest BCUT2D eigenvalue weighted by molar-refractivity contribution is -0.116. The highest BCUT2D eigenvalue weighted by atomic mass is 79.9. The van der Waals surface area contributed by atoms with E-state index in [1.807, 2.05) is 0 Å². The summed E-state index contributed by atoms with van der Waals surface area (Å²) in [4.78, 5) is 22.2. The molecule has 74 valence electrons. The second-order valence-corrected chi connectivity index (χ2v) is 4.64. The van der Waals surface area contributed by atoms with Crippen molar-refractivity contribution in [3.63, 3.8) is 0 Å². The third kappa shape index (κ3) is 3.03. The van der Waals surface area contributed by atoms with Crippen molar-refractivity contribution in [1.82, 2.24) is 0 Å². The summed E-state index contributed by atoms with van der Waals surface area (Å²) < 4.78 is 1.70. The molecule has 4 heteroatoms. The van der Waals surface area contributed by atoms with Gasteiger partial charge in [-0.2, -0.15) is 0 Å². The standard InChI is InChI=1S/C10H8Br2O2/c1-6(13)4-10(14)7-2-3-8(11)9(12)5-7/h2-3,5H,4H2,1H3. The molecule has 0 amide bonds. The molecule has 0 heterocycles. The number of carbonyl (C=O) groups excluding carboxylic acids is 2. The molecule has 0 aliphatic carbocycles. The molecule has 1 rings (SSSR count). The van der Waals surface area contributed by atoms with Gasteiger partial charge in [-0.05, 0) is 50.9 Å². The zero-order valence-electron chi connectivity index (χ0n) is 7.51. The Hall–Kier alpha value is -0.480. The number of benzene rings is 1. The quantitative estimate of drug-likeness (QED) is 0.632. The summed E-state index contributed by atoms with van der Waals surface area (Å²) >= 11 is 6.60. The fourth-order valence-corrected chi connectivity index (χ4v) is 1.62. The van der Waals surface area contributed by atoms with Crippen LogP contribution in [0.15, 0.2) is 27.1 Å². The van der Waals surface area contributed by atoms with Crippen LogP contribution < -0.4 is 0 Å². The molecule has 1 aromatic rings. The van der Waals surface area contributed by atoms with E-state index >= 15 is 0 Å². The molecule has 0 aliphatic rings. The molecule has 1 aromatic carbocycles. The van der Waals surface area contributed by atoms with Crippen molar-refractivity contribution in [2.45, 2.75) is 13.3 Å². The summed E-state index contributed by atoms with van der Waals surface area (Å²) in [5.41, 5.74) is 0.551. The Bertz CT molecular complexity index is 386. The highest BCUT2D eigenvalue weighted by molar-refractivity contribution is 9.13. The highest BCUT2D eigenvalue weighted by Crippen LogP contribution is 2.24. The van der Waals surface area contributed by atoms with E-state index in [4.69, 9.17) is 0 Å². The van der Waals surface area contributed by atoms with Crippen molar-refractivity contribution < 1.29 is 9.59 Å². The summed E-state index contributed by atoms with van der Waals surface area (Å²) in [6.07, 6.45) is -0.0337. The third-order valence-electron chi connectivity index (χ3n) is 1.65. The third-order valence-corrected chi connectivity index (χ3v) is 3.53. The van der Waals surface area contributed by atoms with Gasteiger partial charge in [0, 0.05) is 14.5 Å². The predicted octanol–water partition coefficient (Wildman–Crippen LogP) is 3.37. The molecule has 0 saturated carbocycles. The van der Waals surface area contributed by atoms with Gasteiger partial charge in [-0.1, -0.05) is 6.07 Å². The molecule has 0 fully saturated rings. The number of hydrogen-bond donors (Lipinski definition) is 0. The zero-order chi connectivity index (χ0) is 10.7. The SMILES string of the molecule is CC(=O)CC(=O)c1ccc(Br)c(Br)c1. The highest BCUT2D eigenvalue weighted by Gasteiger charge is 2.09. The Balaban J connectivity index is 2.91. The Morgan fingerprint density at radius 3 is 2.36 bits per heavy atom. The van der Waals surface area contributed by atoms with E-state index in [0.29, 0.717) is 5.56 Å². The monoisotopic (exact) mass is 318 g/mol. The van der Waals surface area contributed by atoms with Gasteiger partial charge in [0.05, 0.1) is 6.42 Å². The molecule has 0 radical (unpaired) electrons. The predicted molar refractivity (Wildman–Crippen MR) is 61.5 cm³/mol. The molecule has 0 saturated heterocycles. The molecule has 0 unspecified atom stereocenters. The van der Waals surface area contributed by atoms with Gasteiger partial charge in [-0.25, -0.2) is 0 Å². The van der Waals surface area contributed by atoms with Crippen LogP contribution in [0.3, 0.4) is 0 Å². The summed E-state index contributed by atoms with van der Waals surface area (Å²) in [6.45, 7) is 1.41. The molecule has 14 heavy (non-hydrogen) atoms. The van der Waals surface area contributed by atoms with Crippen molar-refractivity contribution in [1.29, 1.82) is 0 Å². The van der Waals surface area contributed by atoms with Crippen LogP contribution in [0.1, 0.15) is 23.7 Å². The Morgan fingerprint density at radius 2 is 1.86 bits per heavy atom. The molecule has 0 aliphatic heterocycles. The fraction of sp³-hybridized carbons (Fsp3) is 0.200. The van der Waals surface area contributed by atoms with E-state index < -0.39 is 0 Å². The second-order valence-electron chi connectivity index (χ2n) is 2.93. The van der Waals surface area contributed by atoms with Crippen LogP contribution in [0.4, 0.5) is 0 Å². The first-order chi connectivity index (χ1) is 6.50. The van der Waals surface area contributed by atoms with Gasteiger partial charge in [-0.15, -0.1) is 0 Å². The molecule has 0 atom stereocenters. The van der Waals surface area contributed by atoms with Crippen LogP contribution in [0, 0.1) is 0 Å². The summed E-state index contributed by atoms with van der Waals surface area (Å²) in [7, 11) is 0. The number of Topliss-reactive ketones (excluding diaryl/α,β-unsaturated/α-hetero) is 2. The van der Waals surface area contributed by atoms with Crippen molar-refractivity contribution in [2.75, 3.05) is 0 Å². The zero-order valence-corrected chi connectivity index (χ0v) is 10.7. The van der Waals surface area contributed by atoms with Crippen LogP contribution in [0.25, 0.3) is 0 Å². The van der Waals surface area contributed by atoms with Gasteiger partial charge in [0.1, 0.15) is 5.78 Å². The first-order valence-corrected chi connectivity index (χ1v) is 5.57. The van der Waals surface area contributed by atoms with Crippen LogP contribution in [0.5, 0.6) is 0 Å². The minimum Gasteiger partial charge on any atom is -0.300 e. The normalized spacial score (nSPS) is 9.93. The minimum atomic E-state index is -0.147. The molecule has 0 aromatic heterocycles. The lowest BCUT2D eigenvalue weighted by Crippen LogP contribution is -2.04. The molecule has 0 bridgehead atoms. The summed E-state index contributed by atoms with van der Waals surface area (Å²) in [6, 6.07) is 5.17. The average molecular weight is 320 g/mol. The van der Waals surface area contributed by atoms with Crippen LogP contribution >= 0.6 is 31.9 Å². The Morgan fingerprint density at radius 1 is 1.21 bits per heavy atom. The van der Waals surface area contributed by atoms with E-state index in [0.717, 1.165) is 8.95 Å². The van der Waals surface area contributed by atoms with Gasteiger partial charge in [0.2, 0.25) is 0 Å². The lowest BCUT2D eigenvalue weighted by Gasteiger charge is -2.00.